The van der Waals surface area contributed by atoms with Gasteiger partial charge in [-0.15, -0.1) is 0 Å². The molecule has 0 aromatic carbocycles. The number of allylic oxidation sites excluding steroid dienone is 1. The minimum absolute atomic E-state index is 0.251. The molecule has 0 radical (unpaired) electrons. The summed E-state index contributed by atoms with van der Waals surface area (Å²) in [6.45, 7) is 0.299. The lowest BCUT2D eigenvalue weighted by Gasteiger charge is -2.17. The second kappa shape index (κ2) is 5.53. The van der Waals surface area contributed by atoms with Crippen LogP contribution in [0.25, 0.3) is 0 Å². The number of halogens is 3. The van der Waals surface area contributed by atoms with Crippen molar-refractivity contribution in [3.8, 4) is 0 Å². The fraction of sp³-hybridized carbons (Fsp3) is 0.357. The quantitative estimate of drug-likeness (QED) is 0.860. The Morgan fingerprint density at radius 2 is 2.18 bits per heavy atom. The van der Waals surface area contributed by atoms with Gasteiger partial charge in [-0.1, -0.05) is 0 Å². The number of dihydropyridines is 1. The molecule has 8 heteroatoms. The van der Waals surface area contributed by atoms with E-state index in [0.717, 1.165) is 17.9 Å². The molecule has 0 amide bonds. The number of rotatable bonds is 3. The number of aliphatic imine (C=N–C) groups is 2. The van der Waals surface area contributed by atoms with Crippen LogP contribution in [0.1, 0.15) is 11.1 Å². The topological polar surface area (TPSA) is 56.1 Å². The average Bonchev–Trinajstić information content (AvgIpc) is 2.90. The van der Waals surface area contributed by atoms with Crippen molar-refractivity contribution in [1.29, 1.82) is 0 Å². The molecule has 0 saturated heterocycles. The zero-order valence-electron chi connectivity index (χ0n) is 11.5. The van der Waals surface area contributed by atoms with Gasteiger partial charge >= 0.3 is 6.18 Å². The molecule has 3 heterocycles. The number of ether oxygens (including phenoxy) is 2. The van der Waals surface area contributed by atoms with Crippen LogP contribution in [0.4, 0.5) is 13.2 Å². The third kappa shape index (κ3) is 2.74. The van der Waals surface area contributed by atoms with Gasteiger partial charge in [-0.05, 0) is 12.1 Å². The summed E-state index contributed by atoms with van der Waals surface area (Å²) in [5, 5.41) is 0. The van der Waals surface area contributed by atoms with Crippen molar-refractivity contribution >= 4 is 12.1 Å². The zero-order chi connectivity index (χ0) is 15.7. The predicted molar refractivity (Wildman–Crippen MR) is 72.8 cm³/mol. The number of pyridine rings is 1. The maximum Gasteiger partial charge on any atom is 0.417 e. The van der Waals surface area contributed by atoms with E-state index >= 15 is 0 Å². The molecular formula is C14H12F3N3O2. The van der Waals surface area contributed by atoms with Crippen molar-refractivity contribution in [3.63, 3.8) is 0 Å². The Morgan fingerprint density at radius 3 is 2.91 bits per heavy atom. The smallest absolute Gasteiger partial charge is 0.417 e. The van der Waals surface area contributed by atoms with Gasteiger partial charge in [0.25, 0.3) is 0 Å². The van der Waals surface area contributed by atoms with E-state index in [9.17, 15) is 13.2 Å². The van der Waals surface area contributed by atoms with E-state index in [1.54, 1.807) is 18.5 Å². The molecule has 0 spiro atoms. The largest absolute Gasteiger partial charge is 0.449 e. The molecule has 2 aliphatic rings. The van der Waals surface area contributed by atoms with Gasteiger partial charge in [0.1, 0.15) is 6.04 Å². The molecule has 2 unspecified atom stereocenters. The van der Waals surface area contributed by atoms with E-state index in [2.05, 4.69) is 15.0 Å². The standard InChI is InChI=1S/C14H12F3N3O2/c1-21-7-8-5-18-3-2-10(8)12-20-11-4-9(14(15,16)17)6-19-13(11)22-12/h2-6,11,13H,7H2,1H3. The molecule has 22 heavy (non-hydrogen) atoms. The van der Waals surface area contributed by atoms with Crippen molar-refractivity contribution in [2.24, 2.45) is 9.98 Å². The van der Waals surface area contributed by atoms with E-state index < -0.39 is 24.0 Å². The Hall–Kier alpha value is -2.22. The third-order valence-corrected chi connectivity index (χ3v) is 3.26. The van der Waals surface area contributed by atoms with Gasteiger partial charge in [-0.2, -0.15) is 13.2 Å². The van der Waals surface area contributed by atoms with Gasteiger partial charge in [-0.3, -0.25) is 4.98 Å². The van der Waals surface area contributed by atoms with Crippen molar-refractivity contribution in [2.75, 3.05) is 7.11 Å². The van der Waals surface area contributed by atoms with Crippen LogP contribution in [-0.4, -0.2) is 42.7 Å². The van der Waals surface area contributed by atoms with Crippen molar-refractivity contribution in [1.82, 2.24) is 4.98 Å². The monoisotopic (exact) mass is 311 g/mol. The summed E-state index contributed by atoms with van der Waals surface area (Å²) in [4.78, 5) is 12.0. The van der Waals surface area contributed by atoms with Crippen molar-refractivity contribution in [2.45, 2.75) is 25.1 Å². The van der Waals surface area contributed by atoms with E-state index in [0.29, 0.717) is 12.2 Å². The van der Waals surface area contributed by atoms with Crippen molar-refractivity contribution < 1.29 is 22.6 Å². The highest BCUT2D eigenvalue weighted by Crippen LogP contribution is 2.31. The molecule has 0 aliphatic carbocycles. The average molecular weight is 311 g/mol. The van der Waals surface area contributed by atoms with Crippen LogP contribution in [0.15, 0.2) is 40.1 Å². The normalized spacial score (nSPS) is 23.6. The van der Waals surface area contributed by atoms with E-state index in [1.807, 2.05) is 0 Å². The van der Waals surface area contributed by atoms with Crippen LogP contribution in [0.5, 0.6) is 0 Å². The fourth-order valence-electron chi connectivity index (χ4n) is 2.24. The first-order valence-corrected chi connectivity index (χ1v) is 6.48. The van der Waals surface area contributed by atoms with Crippen LogP contribution >= 0.6 is 0 Å². The molecular weight excluding hydrogens is 299 g/mol. The number of fused-ring (bicyclic) bond motifs is 1. The summed E-state index contributed by atoms with van der Waals surface area (Å²) >= 11 is 0. The Kier molecular flexibility index (Phi) is 3.69. The van der Waals surface area contributed by atoms with Gasteiger partial charge in [-0.25, -0.2) is 9.98 Å². The highest BCUT2D eigenvalue weighted by atomic mass is 19.4. The summed E-state index contributed by atoms with van der Waals surface area (Å²) in [6.07, 6.45) is -0.228. The highest BCUT2D eigenvalue weighted by molar-refractivity contribution is 5.97. The lowest BCUT2D eigenvalue weighted by Crippen LogP contribution is -2.27. The van der Waals surface area contributed by atoms with Crippen LogP contribution < -0.4 is 0 Å². The molecule has 1 aromatic heterocycles. The summed E-state index contributed by atoms with van der Waals surface area (Å²) in [5.41, 5.74) is 0.573. The van der Waals surface area contributed by atoms with Crippen LogP contribution in [0, 0.1) is 0 Å². The lowest BCUT2D eigenvalue weighted by molar-refractivity contribution is -0.0863. The number of alkyl halides is 3. The van der Waals surface area contributed by atoms with E-state index in [-0.39, 0.29) is 5.90 Å². The number of aromatic nitrogens is 1. The number of hydrogen-bond acceptors (Lipinski definition) is 5. The molecule has 2 atom stereocenters. The van der Waals surface area contributed by atoms with Gasteiger partial charge < -0.3 is 9.47 Å². The molecule has 3 rings (SSSR count). The molecule has 1 aromatic rings. The minimum atomic E-state index is -4.44. The molecule has 116 valence electrons. The first-order valence-electron chi connectivity index (χ1n) is 6.48. The maximum atomic E-state index is 12.7. The predicted octanol–water partition coefficient (Wildman–Crippen LogP) is 2.27. The SMILES string of the molecule is COCc1cnccc1C1=NC2C=C(C(F)(F)F)C=NC2O1. The Labute approximate surface area is 124 Å². The van der Waals surface area contributed by atoms with Gasteiger partial charge in [0.2, 0.25) is 12.1 Å². The lowest BCUT2D eigenvalue weighted by atomic mass is 10.1. The molecule has 0 fully saturated rings. The molecule has 0 bridgehead atoms. The minimum Gasteiger partial charge on any atom is -0.449 e. The van der Waals surface area contributed by atoms with E-state index in [1.165, 1.54) is 7.11 Å². The molecule has 0 saturated carbocycles. The summed E-state index contributed by atoms with van der Waals surface area (Å²) < 4.78 is 48.8. The van der Waals surface area contributed by atoms with E-state index in [4.69, 9.17) is 9.47 Å². The van der Waals surface area contributed by atoms with Crippen molar-refractivity contribution in [3.05, 3.63) is 41.2 Å². The van der Waals surface area contributed by atoms with Gasteiger partial charge in [0.05, 0.1) is 12.2 Å². The Balaban J connectivity index is 1.91. The zero-order valence-corrected chi connectivity index (χ0v) is 11.5. The maximum absolute atomic E-state index is 12.7. The highest BCUT2D eigenvalue weighted by Gasteiger charge is 2.39. The number of methoxy groups -OCH3 is 1. The van der Waals surface area contributed by atoms with Crippen LogP contribution in [0.2, 0.25) is 0 Å². The fourth-order valence-corrected chi connectivity index (χ4v) is 2.24. The molecule has 5 nitrogen and oxygen atoms in total. The Bertz CT molecular complexity index is 668. The number of nitrogens with zero attached hydrogens (tertiary/aromatic N) is 3. The number of hydrogen-bond donors (Lipinski definition) is 0. The third-order valence-electron chi connectivity index (χ3n) is 3.26. The summed E-state index contributed by atoms with van der Waals surface area (Å²) in [5.74, 6) is 0.251. The van der Waals surface area contributed by atoms with Crippen LogP contribution in [-0.2, 0) is 16.1 Å². The molecule has 0 N–H and O–H groups in total. The Morgan fingerprint density at radius 1 is 1.36 bits per heavy atom. The van der Waals surface area contributed by atoms with Gasteiger partial charge in [0.15, 0.2) is 0 Å². The second-order valence-electron chi connectivity index (χ2n) is 4.80. The van der Waals surface area contributed by atoms with Crippen LogP contribution in [0.3, 0.4) is 0 Å². The van der Waals surface area contributed by atoms with Gasteiger partial charge in [0, 0.05) is 36.8 Å². The molecule has 2 aliphatic heterocycles. The first kappa shape index (κ1) is 14.7. The summed E-state index contributed by atoms with van der Waals surface area (Å²) in [7, 11) is 1.54. The first-order chi connectivity index (χ1) is 10.5. The second-order valence-corrected chi connectivity index (χ2v) is 4.80. The summed E-state index contributed by atoms with van der Waals surface area (Å²) in [6, 6.07) is 0.906.